The number of carbonyl (C=O) groups is 1. The molecule has 0 aliphatic carbocycles. The summed E-state index contributed by atoms with van der Waals surface area (Å²) in [6.07, 6.45) is 2.54. The molecule has 3 aromatic rings. The Labute approximate surface area is 162 Å². The van der Waals surface area contributed by atoms with Crippen LogP contribution in [0.2, 0.25) is 0 Å². The highest BCUT2D eigenvalue weighted by atomic mass is 19.1. The molecular formula is C22H22F2N2O2. The standard InChI is InChI=1S/C22H22F2N2O2/c23-18-3-1-15(2-4-18)22(28)16-7-10-25(11-8-16)21(27)14-26-12-9-17-13-19(24)5-6-20(17)26/h1-6,9,12-13,16,22,28H,7-8,10-11,14H2. The molecule has 1 saturated heterocycles. The van der Waals surface area contributed by atoms with Gasteiger partial charge in [0, 0.05) is 30.2 Å². The van der Waals surface area contributed by atoms with Crippen LogP contribution in [0.4, 0.5) is 8.78 Å². The normalized spacial score (nSPS) is 16.5. The largest absolute Gasteiger partial charge is 0.388 e. The molecule has 0 saturated carbocycles. The maximum atomic E-state index is 13.3. The summed E-state index contributed by atoms with van der Waals surface area (Å²) in [5.41, 5.74) is 1.54. The summed E-state index contributed by atoms with van der Waals surface area (Å²) in [6, 6.07) is 12.3. The third-order valence-corrected chi connectivity index (χ3v) is 5.59. The smallest absolute Gasteiger partial charge is 0.242 e. The van der Waals surface area contributed by atoms with E-state index in [1.165, 1.54) is 24.3 Å². The number of benzene rings is 2. The molecule has 2 aromatic carbocycles. The van der Waals surface area contributed by atoms with Crippen LogP contribution in [-0.4, -0.2) is 33.6 Å². The number of piperidine rings is 1. The van der Waals surface area contributed by atoms with Gasteiger partial charge in [-0.3, -0.25) is 4.79 Å². The third-order valence-electron chi connectivity index (χ3n) is 5.59. The Morgan fingerprint density at radius 2 is 1.71 bits per heavy atom. The lowest BCUT2D eigenvalue weighted by Gasteiger charge is -2.34. The molecular weight excluding hydrogens is 362 g/mol. The predicted molar refractivity (Wildman–Crippen MR) is 103 cm³/mol. The van der Waals surface area contributed by atoms with E-state index in [9.17, 15) is 18.7 Å². The SMILES string of the molecule is O=C(Cn1ccc2cc(F)ccc21)N1CCC(C(O)c2ccc(F)cc2)CC1. The first-order chi connectivity index (χ1) is 13.5. The van der Waals surface area contributed by atoms with Gasteiger partial charge < -0.3 is 14.6 Å². The maximum Gasteiger partial charge on any atom is 0.242 e. The number of halogens is 2. The van der Waals surface area contributed by atoms with Crippen molar-refractivity contribution in [2.45, 2.75) is 25.5 Å². The highest BCUT2D eigenvalue weighted by molar-refractivity contribution is 5.83. The fourth-order valence-electron chi connectivity index (χ4n) is 3.95. The van der Waals surface area contributed by atoms with Gasteiger partial charge in [0.1, 0.15) is 18.2 Å². The van der Waals surface area contributed by atoms with Crippen LogP contribution >= 0.6 is 0 Å². The van der Waals surface area contributed by atoms with Crippen molar-refractivity contribution in [3.63, 3.8) is 0 Å². The average Bonchev–Trinajstić information content (AvgIpc) is 3.10. The first-order valence-corrected chi connectivity index (χ1v) is 9.47. The van der Waals surface area contributed by atoms with E-state index in [1.807, 2.05) is 9.47 Å². The fourth-order valence-corrected chi connectivity index (χ4v) is 3.95. The minimum Gasteiger partial charge on any atom is -0.388 e. The highest BCUT2D eigenvalue weighted by Crippen LogP contribution is 2.31. The Bertz CT molecular complexity index is 976. The first-order valence-electron chi connectivity index (χ1n) is 9.47. The van der Waals surface area contributed by atoms with Crippen LogP contribution in [-0.2, 0) is 11.3 Å². The predicted octanol–water partition coefficient (Wildman–Crippen LogP) is 3.89. The second kappa shape index (κ2) is 7.72. The molecule has 1 aliphatic rings. The van der Waals surface area contributed by atoms with Gasteiger partial charge in [-0.1, -0.05) is 12.1 Å². The lowest BCUT2D eigenvalue weighted by molar-refractivity contribution is -0.133. The van der Waals surface area contributed by atoms with Gasteiger partial charge in [-0.25, -0.2) is 8.78 Å². The molecule has 1 fully saturated rings. The summed E-state index contributed by atoms with van der Waals surface area (Å²) >= 11 is 0. The quantitative estimate of drug-likeness (QED) is 0.742. The molecule has 0 bridgehead atoms. The monoisotopic (exact) mass is 384 g/mol. The number of amides is 1. The van der Waals surface area contributed by atoms with Crippen molar-refractivity contribution in [3.8, 4) is 0 Å². The summed E-state index contributed by atoms with van der Waals surface area (Å²) in [4.78, 5) is 14.5. The Balaban J connectivity index is 1.36. The molecule has 4 rings (SSSR count). The number of aliphatic hydroxyl groups is 1. The van der Waals surface area contributed by atoms with Gasteiger partial charge in [-0.05, 0) is 60.7 Å². The van der Waals surface area contributed by atoms with Crippen LogP contribution in [0.1, 0.15) is 24.5 Å². The summed E-state index contributed by atoms with van der Waals surface area (Å²) < 4.78 is 28.2. The minimum atomic E-state index is -0.652. The maximum absolute atomic E-state index is 13.3. The number of carbonyl (C=O) groups excluding carboxylic acids is 1. The number of aromatic nitrogens is 1. The summed E-state index contributed by atoms with van der Waals surface area (Å²) in [5, 5.41) is 11.3. The zero-order valence-corrected chi connectivity index (χ0v) is 15.4. The molecule has 4 nitrogen and oxygen atoms in total. The van der Waals surface area contributed by atoms with E-state index in [2.05, 4.69) is 0 Å². The van der Waals surface area contributed by atoms with Crippen molar-refractivity contribution in [1.29, 1.82) is 0 Å². The average molecular weight is 384 g/mol. The van der Waals surface area contributed by atoms with E-state index in [1.54, 1.807) is 30.5 Å². The number of hydrogen-bond acceptors (Lipinski definition) is 2. The van der Waals surface area contributed by atoms with Crippen LogP contribution < -0.4 is 0 Å². The number of nitrogens with zero attached hydrogens (tertiary/aromatic N) is 2. The molecule has 2 heterocycles. The van der Waals surface area contributed by atoms with Gasteiger partial charge in [0.25, 0.3) is 0 Å². The number of likely N-dealkylation sites (tertiary alicyclic amines) is 1. The third kappa shape index (κ3) is 3.78. The summed E-state index contributed by atoms with van der Waals surface area (Å²) in [5.74, 6) is -0.559. The molecule has 28 heavy (non-hydrogen) atoms. The second-order valence-corrected chi connectivity index (χ2v) is 7.36. The number of fused-ring (bicyclic) bond motifs is 1. The molecule has 1 aromatic heterocycles. The Kier molecular flexibility index (Phi) is 5.13. The molecule has 1 unspecified atom stereocenters. The van der Waals surface area contributed by atoms with Crippen molar-refractivity contribution >= 4 is 16.8 Å². The second-order valence-electron chi connectivity index (χ2n) is 7.36. The Hall–Kier alpha value is -2.73. The lowest BCUT2D eigenvalue weighted by Crippen LogP contribution is -2.41. The molecule has 1 amide bonds. The van der Waals surface area contributed by atoms with E-state index < -0.39 is 6.10 Å². The van der Waals surface area contributed by atoms with Crippen LogP contribution in [0.5, 0.6) is 0 Å². The van der Waals surface area contributed by atoms with Crippen molar-refractivity contribution in [2.75, 3.05) is 13.1 Å². The molecule has 1 atom stereocenters. The topological polar surface area (TPSA) is 45.5 Å². The molecule has 0 spiro atoms. The van der Waals surface area contributed by atoms with Crippen LogP contribution in [0.15, 0.2) is 54.7 Å². The van der Waals surface area contributed by atoms with Gasteiger partial charge in [-0.15, -0.1) is 0 Å². The van der Waals surface area contributed by atoms with Crippen LogP contribution in [0.25, 0.3) is 10.9 Å². The Morgan fingerprint density at radius 1 is 1.04 bits per heavy atom. The van der Waals surface area contributed by atoms with E-state index in [0.29, 0.717) is 31.5 Å². The summed E-state index contributed by atoms with van der Waals surface area (Å²) in [6.45, 7) is 1.37. The fraction of sp³-hybridized carbons (Fsp3) is 0.318. The van der Waals surface area contributed by atoms with Gasteiger partial charge in [0.2, 0.25) is 5.91 Å². The summed E-state index contributed by atoms with van der Waals surface area (Å²) in [7, 11) is 0. The molecule has 146 valence electrons. The van der Waals surface area contributed by atoms with Crippen LogP contribution in [0, 0.1) is 17.6 Å². The van der Waals surface area contributed by atoms with Crippen molar-refractivity contribution in [3.05, 3.63) is 71.9 Å². The lowest BCUT2D eigenvalue weighted by atomic mass is 9.87. The van der Waals surface area contributed by atoms with Gasteiger partial charge in [0.15, 0.2) is 0 Å². The minimum absolute atomic E-state index is 0.0107. The zero-order valence-electron chi connectivity index (χ0n) is 15.4. The number of rotatable bonds is 4. The van der Waals surface area contributed by atoms with Gasteiger partial charge in [-0.2, -0.15) is 0 Å². The van der Waals surface area contributed by atoms with E-state index in [-0.39, 0.29) is 30.0 Å². The number of aliphatic hydroxyl groups excluding tert-OH is 1. The van der Waals surface area contributed by atoms with E-state index in [4.69, 9.17) is 0 Å². The van der Waals surface area contributed by atoms with Crippen molar-refractivity contribution in [1.82, 2.24) is 9.47 Å². The van der Waals surface area contributed by atoms with Crippen molar-refractivity contribution < 1.29 is 18.7 Å². The van der Waals surface area contributed by atoms with E-state index in [0.717, 1.165) is 10.9 Å². The van der Waals surface area contributed by atoms with Crippen LogP contribution in [0.3, 0.4) is 0 Å². The van der Waals surface area contributed by atoms with Gasteiger partial charge in [0.05, 0.1) is 6.10 Å². The molecule has 1 aliphatic heterocycles. The van der Waals surface area contributed by atoms with Crippen molar-refractivity contribution in [2.24, 2.45) is 5.92 Å². The van der Waals surface area contributed by atoms with E-state index >= 15 is 0 Å². The Morgan fingerprint density at radius 3 is 2.43 bits per heavy atom. The van der Waals surface area contributed by atoms with Gasteiger partial charge >= 0.3 is 0 Å². The zero-order chi connectivity index (χ0) is 19.7. The highest BCUT2D eigenvalue weighted by Gasteiger charge is 2.28. The first kappa shape index (κ1) is 18.6. The molecule has 0 radical (unpaired) electrons. The number of hydrogen-bond donors (Lipinski definition) is 1. The molecule has 6 heteroatoms. The molecule has 1 N–H and O–H groups in total.